The van der Waals surface area contributed by atoms with Gasteiger partial charge in [-0.25, -0.2) is 14.8 Å². The topological polar surface area (TPSA) is 53.4 Å². The number of nitrogens with zero attached hydrogens (tertiary/aromatic N) is 1. The molecule has 0 aliphatic rings. The smallest absolute Gasteiger partial charge is 0.423 e. The number of carbonyl (C=O) groups excluding carboxylic acids is 1. The van der Waals surface area contributed by atoms with Crippen molar-refractivity contribution in [3.05, 3.63) is 101 Å². The molecule has 0 heterocycles. The summed E-state index contributed by atoms with van der Waals surface area (Å²) in [5.74, 6) is -0.131. The van der Waals surface area contributed by atoms with E-state index in [-0.39, 0.29) is 6.61 Å². The number of hydrogen-bond acceptors (Lipinski definition) is 3. The van der Waals surface area contributed by atoms with Crippen LogP contribution >= 0.6 is 11.6 Å². The van der Waals surface area contributed by atoms with Gasteiger partial charge in [0.2, 0.25) is 0 Å². The predicted molar refractivity (Wildman–Crippen MR) is 120 cm³/mol. The summed E-state index contributed by atoms with van der Waals surface area (Å²) in [4.78, 5) is 12.8. The maximum absolute atomic E-state index is 12.8. The van der Waals surface area contributed by atoms with Crippen LogP contribution in [0.5, 0.6) is 0 Å². The van der Waals surface area contributed by atoms with Crippen molar-refractivity contribution in [3.63, 3.8) is 0 Å². The fourth-order valence-corrected chi connectivity index (χ4v) is 3.15. The molecule has 0 aliphatic carbocycles. The van der Waals surface area contributed by atoms with Gasteiger partial charge >= 0.3 is 11.8 Å². The summed E-state index contributed by atoms with van der Waals surface area (Å²) >= 11 is 6.25. The minimum atomic E-state index is -0.441. The van der Waals surface area contributed by atoms with E-state index in [2.05, 4.69) is 10.9 Å². The molecule has 0 atom stereocenters. The Balaban J connectivity index is 1.97. The standard InChI is InChI=1S/C24H24ClN3O2/c1-2-30-24(29)23(27-26-22-16-10-9-15-21(22)25)28(17-19-11-5-3-6-12-19)18-20-13-7-4-8-14-20/h3-16H,2,17-18H2,1H3,(H,26,29)/p+1. The van der Waals surface area contributed by atoms with Gasteiger partial charge < -0.3 is 4.74 Å². The Labute approximate surface area is 181 Å². The van der Waals surface area contributed by atoms with Gasteiger partial charge in [0.25, 0.3) is 0 Å². The van der Waals surface area contributed by atoms with Gasteiger partial charge in [0.1, 0.15) is 13.1 Å². The van der Waals surface area contributed by atoms with Crippen LogP contribution in [0.4, 0.5) is 5.69 Å². The van der Waals surface area contributed by atoms with Crippen LogP contribution < -0.4 is 10.9 Å². The van der Waals surface area contributed by atoms with E-state index in [9.17, 15) is 4.79 Å². The molecule has 5 nitrogen and oxygen atoms in total. The lowest BCUT2D eigenvalue weighted by atomic mass is 10.2. The van der Waals surface area contributed by atoms with Crippen molar-refractivity contribution in [2.45, 2.75) is 20.0 Å². The summed E-state index contributed by atoms with van der Waals surface area (Å²) in [5, 5.41) is 0.547. The van der Waals surface area contributed by atoms with E-state index >= 15 is 0 Å². The maximum Gasteiger partial charge on any atom is 0.423 e. The Bertz CT molecular complexity index is 948. The highest BCUT2D eigenvalue weighted by molar-refractivity contribution is 6.34. The molecule has 0 unspecified atom stereocenters. The van der Waals surface area contributed by atoms with E-state index in [0.29, 0.717) is 29.6 Å². The number of benzene rings is 3. The van der Waals surface area contributed by atoms with Crippen LogP contribution in [0.1, 0.15) is 18.1 Å². The molecule has 154 valence electrons. The number of amidine groups is 1. The van der Waals surface area contributed by atoms with E-state index in [0.717, 1.165) is 11.1 Å². The van der Waals surface area contributed by atoms with E-state index in [1.807, 2.05) is 83.4 Å². The fraction of sp³-hybridized carbons (Fsp3) is 0.167. The van der Waals surface area contributed by atoms with Crippen molar-refractivity contribution in [2.24, 2.45) is 0 Å². The van der Waals surface area contributed by atoms with Crippen LogP contribution in [-0.4, -0.2) is 23.0 Å². The number of para-hydroxylation sites is 1. The molecule has 0 fully saturated rings. The zero-order valence-electron chi connectivity index (χ0n) is 16.8. The van der Waals surface area contributed by atoms with Gasteiger partial charge in [-0.05, 0) is 30.2 Å². The van der Waals surface area contributed by atoms with Gasteiger partial charge in [-0.2, -0.15) is 5.43 Å². The molecule has 0 bridgehead atoms. The average molecular weight is 423 g/mol. The number of hydrazine groups is 1. The van der Waals surface area contributed by atoms with E-state index in [4.69, 9.17) is 16.3 Å². The lowest BCUT2D eigenvalue weighted by Gasteiger charge is -2.14. The predicted octanol–water partition coefficient (Wildman–Crippen LogP) is 4.63. The third-order valence-corrected chi connectivity index (χ3v) is 4.74. The molecule has 0 saturated carbocycles. The molecule has 30 heavy (non-hydrogen) atoms. The zero-order chi connectivity index (χ0) is 21.2. The minimum Gasteiger partial charge on any atom is -0.457 e. The number of rotatable bonds is 7. The maximum atomic E-state index is 12.8. The molecule has 3 aromatic rings. The highest BCUT2D eigenvalue weighted by Gasteiger charge is 2.25. The van der Waals surface area contributed by atoms with Crippen molar-refractivity contribution in [3.8, 4) is 0 Å². The highest BCUT2D eigenvalue weighted by atomic mass is 35.5. The molecular formula is C24H25ClN3O2+. The van der Waals surface area contributed by atoms with Gasteiger partial charge in [-0.15, -0.1) is 0 Å². The first kappa shape index (κ1) is 21.4. The van der Waals surface area contributed by atoms with Crippen molar-refractivity contribution in [2.75, 3.05) is 12.0 Å². The lowest BCUT2D eigenvalue weighted by molar-refractivity contribution is -0.561. The molecule has 0 aromatic heterocycles. The molecule has 0 aliphatic heterocycles. The summed E-state index contributed by atoms with van der Waals surface area (Å²) in [7, 11) is 0. The number of anilines is 1. The lowest BCUT2D eigenvalue weighted by Crippen LogP contribution is -2.43. The average Bonchev–Trinajstić information content (AvgIpc) is 2.76. The van der Waals surface area contributed by atoms with Gasteiger partial charge in [0, 0.05) is 0 Å². The molecule has 3 rings (SSSR count). The normalized spacial score (nSPS) is 10.2. The number of esters is 1. The largest absolute Gasteiger partial charge is 0.457 e. The summed E-state index contributed by atoms with van der Waals surface area (Å²) in [5.41, 5.74) is 8.90. The third kappa shape index (κ3) is 6.09. The second-order valence-corrected chi connectivity index (χ2v) is 7.03. The second kappa shape index (κ2) is 11.0. The first-order chi connectivity index (χ1) is 14.7. The summed E-state index contributed by atoms with van der Waals surface area (Å²) in [6, 6.07) is 27.3. The van der Waals surface area contributed by atoms with E-state index in [1.54, 1.807) is 13.0 Å². The summed E-state index contributed by atoms with van der Waals surface area (Å²) in [6.45, 7) is 3.12. The number of nitrogens with one attached hydrogen (secondary N) is 2. The summed E-state index contributed by atoms with van der Waals surface area (Å²) in [6.07, 6.45) is 0. The fourth-order valence-electron chi connectivity index (χ4n) is 2.97. The van der Waals surface area contributed by atoms with Crippen molar-refractivity contribution >= 4 is 29.1 Å². The van der Waals surface area contributed by atoms with E-state index < -0.39 is 5.97 Å². The van der Waals surface area contributed by atoms with Gasteiger partial charge in [0.15, 0.2) is 0 Å². The second-order valence-electron chi connectivity index (χ2n) is 6.63. The summed E-state index contributed by atoms with van der Waals surface area (Å²) < 4.78 is 7.28. The Morgan fingerprint density at radius 3 is 1.93 bits per heavy atom. The Hall–Kier alpha value is -3.31. The Morgan fingerprint density at radius 2 is 1.40 bits per heavy atom. The Morgan fingerprint density at radius 1 is 0.867 bits per heavy atom. The third-order valence-electron chi connectivity index (χ3n) is 4.41. The van der Waals surface area contributed by atoms with Crippen LogP contribution in [0.2, 0.25) is 5.02 Å². The Kier molecular flexibility index (Phi) is 7.86. The van der Waals surface area contributed by atoms with Crippen molar-refractivity contribution in [1.82, 2.24) is 5.43 Å². The van der Waals surface area contributed by atoms with E-state index in [1.165, 1.54) is 0 Å². The molecule has 3 aromatic carbocycles. The number of halogens is 1. The first-order valence-electron chi connectivity index (χ1n) is 9.80. The van der Waals surface area contributed by atoms with Crippen LogP contribution in [0.15, 0.2) is 84.9 Å². The van der Waals surface area contributed by atoms with Crippen molar-refractivity contribution < 1.29 is 14.1 Å². The molecule has 0 radical (unpaired) electrons. The van der Waals surface area contributed by atoms with Crippen LogP contribution in [-0.2, 0) is 22.6 Å². The van der Waals surface area contributed by atoms with Crippen LogP contribution in [0.25, 0.3) is 0 Å². The molecular weight excluding hydrogens is 398 g/mol. The monoisotopic (exact) mass is 422 g/mol. The van der Waals surface area contributed by atoms with Gasteiger partial charge in [-0.3, -0.25) is 0 Å². The van der Waals surface area contributed by atoms with Crippen molar-refractivity contribution in [1.29, 1.82) is 0 Å². The number of hydrogen-bond donors (Lipinski definition) is 2. The minimum absolute atomic E-state index is 0.278. The highest BCUT2D eigenvalue weighted by Crippen LogP contribution is 2.19. The van der Waals surface area contributed by atoms with Gasteiger partial charge in [-0.1, -0.05) is 84.4 Å². The SMILES string of the molecule is CCOC(=O)C(NNc1ccccc1Cl)=[N+](Cc1ccccc1)Cc1ccccc1. The quantitative estimate of drug-likeness (QED) is 0.191. The molecule has 2 N–H and O–H groups in total. The molecule has 6 heteroatoms. The molecule has 0 amide bonds. The molecule has 0 spiro atoms. The van der Waals surface area contributed by atoms with Crippen LogP contribution in [0.3, 0.4) is 0 Å². The molecule has 0 saturated heterocycles. The van der Waals surface area contributed by atoms with Crippen LogP contribution in [0, 0.1) is 0 Å². The number of ether oxygens (including phenoxy) is 1. The first-order valence-corrected chi connectivity index (χ1v) is 10.2. The number of carbonyl (C=O) groups is 1. The van der Waals surface area contributed by atoms with Gasteiger partial charge in [0.05, 0.1) is 17.3 Å². The zero-order valence-corrected chi connectivity index (χ0v) is 17.6.